The number of imidazole rings is 2. The molecule has 2 fully saturated rings. The molecular weight excluding hydrogens is 949 g/mol. The van der Waals surface area contributed by atoms with Gasteiger partial charge >= 0.3 is 12.4 Å². The number of carbonyl (C=O) groups excluding carboxylic acids is 2. The number of benzene rings is 3. The quantitative estimate of drug-likeness (QED) is 0.0800. The van der Waals surface area contributed by atoms with Gasteiger partial charge in [0, 0.05) is 70.2 Å². The number of carbonyl (C=O) groups is 2. The van der Waals surface area contributed by atoms with E-state index in [2.05, 4.69) is 47.2 Å². The predicted octanol–water partition coefficient (Wildman–Crippen LogP) is 11.8. The Morgan fingerprint density at radius 2 is 1.16 bits per heavy atom. The van der Waals surface area contributed by atoms with Crippen molar-refractivity contribution in [2.45, 2.75) is 76.8 Å². The average molecular weight is 994 g/mol. The molecule has 0 bridgehead atoms. The molecule has 0 unspecified atom stereocenters. The lowest BCUT2D eigenvalue weighted by Gasteiger charge is -2.14. The minimum Gasteiger partial charge on any atom is -0.456 e. The predicted molar refractivity (Wildman–Crippen MR) is 244 cm³/mol. The van der Waals surface area contributed by atoms with Crippen LogP contribution in [0.3, 0.4) is 0 Å². The van der Waals surface area contributed by atoms with Gasteiger partial charge in [0.05, 0.1) is 54.2 Å². The molecule has 2 aliphatic carbocycles. The van der Waals surface area contributed by atoms with Crippen molar-refractivity contribution in [2.75, 3.05) is 23.7 Å². The minimum absolute atomic E-state index is 0.0708. The third-order valence-electron chi connectivity index (χ3n) is 11.0. The Hall–Kier alpha value is -6.63. The van der Waals surface area contributed by atoms with Crippen molar-refractivity contribution < 1.29 is 45.1 Å². The molecule has 67 heavy (non-hydrogen) atoms. The number of hydrogen-bond acceptors (Lipinski definition) is 7. The summed E-state index contributed by atoms with van der Waals surface area (Å²) < 4.78 is 99.4. The maximum Gasteiger partial charge on any atom is 0.390 e. The highest BCUT2D eigenvalue weighted by molar-refractivity contribution is 9.10. The van der Waals surface area contributed by atoms with Crippen LogP contribution >= 0.6 is 15.9 Å². The molecule has 3 aromatic carbocycles. The van der Waals surface area contributed by atoms with Crippen molar-refractivity contribution in [3.05, 3.63) is 130 Å². The Kier molecular flexibility index (Phi) is 13.5. The number of anilines is 2. The van der Waals surface area contributed by atoms with E-state index in [0.29, 0.717) is 44.0 Å². The molecule has 0 aliphatic heterocycles. The largest absolute Gasteiger partial charge is 0.456 e. The Bertz CT molecular complexity index is 2960. The van der Waals surface area contributed by atoms with Crippen LogP contribution in [0.2, 0.25) is 0 Å². The fourth-order valence-corrected chi connectivity index (χ4v) is 7.77. The van der Waals surface area contributed by atoms with Crippen LogP contribution in [0.25, 0.3) is 33.8 Å². The number of hydrogen-bond donors (Lipinski definition) is 4. The van der Waals surface area contributed by atoms with Gasteiger partial charge in [0.25, 0.3) is 11.8 Å². The number of halogens is 8. The highest BCUT2D eigenvalue weighted by Crippen LogP contribution is 2.34. The summed E-state index contributed by atoms with van der Waals surface area (Å²) >= 11 is 3.42. The zero-order valence-electron chi connectivity index (χ0n) is 36.1. The first-order chi connectivity index (χ1) is 31.9. The Balaban J connectivity index is 0.000000186. The van der Waals surface area contributed by atoms with Crippen molar-refractivity contribution in [1.29, 1.82) is 0 Å². The van der Waals surface area contributed by atoms with Crippen LogP contribution in [0.1, 0.15) is 70.4 Å². The number of fused-ring (bicyclic) bond motifs is 2. The van der Waals surface area contributed by atoms with Crippen LogP contribution in [-0.4, -0.2) is 68.1 Å². The van der Waals surface area contributed by atoms with Crippen LogP contribution in [0.4, 0.5) is 42.1 Å². The molecule has 2 aliphatic rings. The van der Waals surface area contributed by atoms with E-state index in [0.717, 1.165) is 53.6 Å². The van der Waals surface area contributed by atoms with E-state index in [9.17, 15) is 40.3 Å². The van der Waals surface area contributed by atoms with E-state index in [1.807, 2.05) is 42.6 Å². The molecule has 2 amide bonds. The summed E-state index contributed by atoms with van der Waals surface area (Å²) in [5.74, 6) is -0.148. The summed E-state index contributed by atoms with van der Waals surface area (Å²) in [5, 5.41) is 11.6. The number of nitrogens with one attached hydrogen (secondary N) is 4. The molecule has 0 spiro atoms. The first-order valence-corrected chi connectivity index (χ1v) is 22.2. The zero-order chi connectivity index (χ0) is 47.6. The molecule has 19 heteroatoms. The summed E-state index contributed by atoms with van der Waals surface area (Å²) in [7, 11) is 0. The summed E-state index contributed by atoms with van der Waals surface area (Å²) in [6, 6.07) is 20.3. The van der Waals surface area contributed by atoms with Gasteiger partial charge in [0.2, 0.25) is 0 Å². The fraction of sp³-hybridized carbons (Fsp3) is 0.292. The molecule has 0 saturated heterocycles. The van der Waals surface area contributed by atoms with Crippen LogP contribution in [0, 0.1) is 19.7 Å². The van der Waals surface area contributed by atoms with Gasteiger partial charge in [-0.2, -0.15) is 26.3 Å². The van der Waals surface area contributed by atoms with Crippen molar-refractivity contribution in [1.82, 2.24) is 29.4 Å². The van der Waals surface area contributed by atoms with Gasteiger partial charge in [-0.05, 0) is 109 Å². The molecule has 0 atom stereocenters. The number of aryl methyl sites for hydroxylation is 2. The molecule has 11 nitrogen and oxygen atoms in total. The molecule has 7 aromatic rings. The number of ether oxygens (including phenoxy) is 1. The molecule has 4 N–H and O–H groups in total. The van der Waals surface area contributed by atoms with Crippen molar-refractivity contribution in [3.8, 4) is 34.0 Å². The van der Waals surface area contributed by atoms with Gasteiger partial charge < -0.3 is 26.0 Å². The molecule has 350 valence electrons. The first kappa shape index (κ1) is 46.9. The number of pyridine rings is 2. The van der Waals surface area contributed by atoms with Crippen molar-refractivity contribution >= 4 is 50.4 Å². The summed E-state index contributed by atoms with van der Waals surface area (Å²) in [4.78, 5) is 33.7. The van der Waals surface area contributed by atoms with E-state index < -0.39 is 31.0 Å². The highest BCUT2D eigenvalue weighted by atomic mass is 79.9. The third kappa shape index (κ3) is 12.0. The van der Waals surface area contributed by atoms with Gasteiger partial charge in [-0.1, -0.05) is 18.2 Å². The normalized spacial score (nSPS) is 13.8. The number of alkyl halides is 6. The monoisotopic (exact) mass is 992 g/mol. The second kappa shape index (κ2) is 19.3. The Morgan fingerprint density at radius 3 is 1.63 bits per heavy atom. The lowest BCUT2D eigenvalue weighted by molar-refractivity contribution is -0.132. The number of aromatic nitrogens is 4. The van der Waals surface area contributed by atoms with Crippen LogP contribution in [0.5, 0.6) is 11.5 Å². The lowest BCUT2D eigenvalue weighted by Crippen LogP contribution is -2.26. The average Bonchev–Trinajstić information content (AvgIpc) is 4.17. The molecule has 4 aromatic heterocycles. The second-order valence-electron chi connectivity index (χ2n) is 16.5. The van der Waals surface area contributed by atoms with E-state index in [4.69, 9.17) is 4.74 Å². The number of amides is 2. The van der Waals surface area contributed by atoms with E-state index in [-0.39, 0.29) is 48.5 Å². The Morgan fingerprint density at radius 1 is 0.672 bits per heavy atom. The lowest BCUT2D eigenvalue weighted by atomic mass is 10.0. The SMILES string of the molecule is Cc1cc(-c2cnc3c(NCCC(F)(F)F)cc(Br)cn23)ccc1C(=O)NC1CC1.Cc1cc(-c2cnc3c(NCCC(F)(F)F)cc(Oc4cccc(F)c4)cn23)ccc1C(=O)NC1CC1. The fourth-order valence-electron chi connectivity index (χ4n) is 7.34. The van der Waals surface area contributed by atoms with Gasteiger partial charge in [-0.3, -0.25) is 18.4 Å². The van der Waals surface area contributed by atoms with E-state index in [1.54, 1.807) is 53.3 Å². The van der Waals surface area contributed by atoms with Crippen LogP contribution in [-0.2, 0) is 0 Å². The van der Waals surface area contributed by atoms with Gasteiger partial charge in [-0.25, -0.2) is 14.4 Å². The number of nitrogens with zero attached hydrogens (tertiary/aromatic N) is 4. The van der Waals surface area contributed by atoms with Crippen molar-refractivity contribution in [2.24, 2.45) is 0 Å². The summed E-state index contributed by atoms with van der Waals surface area (Å²) in [6.07, 6.45) is 0.284. The van der Waals surface area contributed by atoms with Gasteiger partial charge in [0.1, 0.15) is 17.3 Å². The van der Waals surface area contributed by atoms with Gasteiger partial charge in [-0.15, -0.1) is 0 Å². The maximum atomic E-state index is 13.7. The first-order valence-electron chi connectivity index (χ1n) is 21.4. The van der Waals surface area contributed by atoms with E-state index in [1.165, 1.54) is 24.3 Å². The molecule has 2 saturated carbocycles. The van der Waals surface area contributed by atoms with E-state index >= 15 is 0 Å². The molecular formula is C48H44BrF7N8O3. The van der Waals surface area contributed by atoms with Crippen LogP contribution in [0.15, 0.2) is 102 Å². The van der Waals surface area contributed by atoms with Crippen molar-refractivity contribution in [3.63, 3.8) is 0 Å². The smallest absolute Gasteiger partial charge is 0.390 e. The minimum atomic E-state index is -4.31. The summed E-state index contributed by atoms with van der Waals surface area (Å²) in [6.45, 7) is 3.14. The number of rotatable bonds is 14. The van der Waals surface area contributed by atoms with Crippen LogP contribution < -0.4 is 26.0 Å². The topological polar surface area (TPSA) is 126 Å². The third-order valence-corrected chi connectivity index (χ3v) is 11.4. The molecule has 9 rings (SSSR count). The van der Waals surface area contributed by atoms with Gasteiger partial charge in [0.15, 0.2) is 11.3 Å². The second-order valence-corrected chi connectivity index (χ2v) is 17.4. The Labute approximate surface area is 388 Å². The molecule has 0 radical (unpaired) electrons. The zero-order valence-corrected chi connectivity index (χ0v) is 37.7. The highest BCUT2D eigenvalue weighted by Gasteiger charge is 2.29. The standard InChI is InChI=1S/C27H24F4N4O2.C21H20BrF3N4O/c1-16-11-17(5-8-22(16)26(36)34-19-6-7-19)24-14-33-25-23(32-10-9-27(29,30)31)13-21(15-35(24)25)37-20-4-2-3-18(28)12-20;1-12-8-13(2-5-16(12)20(30)28-15-3-4-15)18-10-27-19-17(9-14(22)11-29(18)19)26-7-6-21(23,24)25/h2-5,8,11-15,19,32H,6-7,9-10H2,1H3,(H,34,36);2,5,8-11,15,26H,3-4,6-7H2,1H3,(H,28,30). The summed E-state index contributed by atoms with van der Waals surface area (Å²) in [5.41, 5.74) is 7.67. The molecule has 4 heterocycles. The maximum absolute atomic E-state index is 13.7.